The van der Waals surface area contributed by atoms with Crippen molar-refractivity contribution >= 4 is 45.2 Å². The number of nitrogens with two attached hydrogens (primary N) is 1. The number of hydrogen-bond donors (Lipinski definition) is 3. The molecular weight excluding hydrogens is 383 g/mol. The fourth-order valence-corrected chi connectivity index (χ4v) is 3.76. The van der Waals surface area contributed by atoms with Gasteiger partial charge in [0.15, 0.2) is 0 Å². The summed E-state index contributed by atoms with van der Waals surface area (Å²) in [5.74, 6) is 0. The Morgan fingerprint density at radius 3 is 2.74 bits per heavy atom. The van der Waals surface area contributed by atoms with Crippen LogP contribution in [0.15, 0.2) is 12.5 Å². The minimum atomic E-state index is -0.919. The minimum absolute atomic E-state index is 0.304. The lowest BCUT2D eigenvalue weighted by atomic mass is 10.2. The SMILES string of the molecule is N[C@H]1CC(n2cc(I)c3c(Cl)ncnc32)[C@H](O)[C@@H]1O. The number of hydrogen-bond acceptors (Lipinski definition) is 5. The Hall–Kier alpha value is -0.480. The number of nitrogens with zero attached hydrogens (tertiary/aromatic N) is 3. The monoisotopic (exact) mass is 394 g/mol. The zero-order valence-electron chi connectivity index (χ0n) is 9.74. The Kier molecular flexibility index (Phi) is 3.42. The van der Waals surface area contributed by atoms with E-state index in [9.17, 15) is 10.2 Å². The lowest BCUT2D eigenvalue weighted by Crippen LogP contribution is -2.35. The Morgan fingerprint density at radius 2 is 2.11 bits per heavy atom. The van der Waals surface area contributed by atoms with Crippen molar-refractivity contribution in [2.75, 3.05) is 0 Å². The number of aromatic nitrogens is 3. The van der Waals surface area contributed by atoms with Gasteiger partial charge in [-0.2, -0.15) is 0 Å². The van der Waals surface area contributed by atoms with E-state index in [-0.39, 0.29) is 6.04 Å². The first-order chi connectivity index (χ1) is 9.00. The molecule has 1 aliphatic rings. The van der Waals surface area contributed by atoms with Gasteiger partial charge in [0.25, 0.3) is 0 Å². The second-order valence-electron chi connectivity index (χ2n) is 4.70. The molecule has 1 fully saturated rings. The van der Waals surface area contributed by atoms with Crippen LogP contribution in [0.2, 0.25) is 5.15 Å². The summed E-state index contributed by atoms with van der Waals surface area (Å²) < 4.78 is 2.73. The Balaban J connectivity index is 2.14. The summed E-state index contributed by atoms with van der Waals surface area (Å²) in [5, 5.41) is 21.0. The van der Waals surface area contributed by atoms with E-state index in [0.717, 1.165) is 8.96 Å². The van der Waals surface area contributed by atoms with Crippen molar-refractivity contribution in [3.63, 3.8) is 0 Å². The van der Waals surface area contributed by atoms with Crippen LogP contribution < -0.4 is 5.73 Å². The van der Waals surface area contributed by atoms with E-state index in [0.29, 0.717) is 17.2 Å². The van der Waals surface area contributed by atoms with Crippen LogP contribution in [0.25, 0.3) is 11.0 Å². The maximum Gasteiger partial charge on any atom is 0.146 e. The average molecular weight is 395 g/mol. The number of rotatable bonds is 1. The summed E-state index contributed by atoms with van der Waals surface area (Å²) in [5.41, 5.74) is 6.44. The number of halogens is 2. The molecule has 4 atom stereocenters. The van der Waals surface area contributed by atoms with E-state index in [4.69, 9.17) is 17.3 Å². The number of aliphatic hydroxyl groups excluding tert-OH is 2. The van der Waals surface area contributed by atoms with Crippen LogP contribution in [0.5, 0.6) is 0 Å². The van der Waals surface area contributed by atoms with E-state index in [1.54, 1.807) is 0 Å². The Bertz CT molecular complexity index is 634. The van der Waals surface area contributed by atoms with Crippen molar-refractivity contribution in [3.8, 4) is 0 Å². The molecule has 0 aromatic carbocycles. The van der Waals surface area contributed by atoms with Crippen molar-refractivity contribution in [1.82, 2.24) is 14.5 Å². The van der Waals surface area contributed by atoms with Crippen LogP contribution >= 0.6 is 34.2 Å². The maximum absolute atomic E-state index is 10.1. The largest absolute Gasteiger partial charge is 0.389 e. The van der Waals surface area contributed by atoms with Crippen molar-refractivity contribution in [2.45, 2.75) is 30.7 Å². The predicted molar refractivity (Wildman–Crippen MR) is 78.9 cm³/mol. The quantitative estimate of drug-likeness (QED) is 0.488. The molecule has 19 heavy (non-hydrogen) atoms. The van der Waals surface area contributed by atoms with Crippen molar-refractivity contribution in [1.29, 1.82) is 0 Å². The van der Waals surface area contributed by atoms with Crippen molar-refractivity contribution < 1.29 is 10.2 Å². The van der Waals surface area contributed by atoms with Gasteiger partial charge in [0.1, 0.15) is 23.2 Å². The first-order valence-electron chi connectivity index (χ1n) is 5.79. The number of fused-ring (bicyclic) bond motifs is 1. The molecule has 2 heterocycles. The highest BCUT2D eigenvalue weighted by molar-refractivity contribution is 14.1. The van der Waals surface area contributed by atoms with Gasteiger partial charge in [0, 0.05) is 15.8 Å². The molecule has 8 heteroatoms. The molecule has 0 radical (unpaired) electrons. The molecule has 1 saturated carbocycles. The molecule has 2 aromatic heterocycles. The van der Waals surface area contributed by atoms with Crippen molar-refractivity contribution in [3.05, 3.63) is 21.2 Å². The lowest BCUT2D eigenvalue weighted by molar-refractivity contribution is 0.0187. The third-order valence-corrected chi connectivity index (χ3v) is 4.68. The summed E-state index contributed by atoms with van der Waals surface area (Å²) >= 11 is 8.22. The van der Waals surface area contributed by atoms with Gasteiger partial charge in [0.05, 0.1) is 17.5 Å². The molecule has 102 valence electrons. The molecule has 0 spiro atoms. The minimum Gasteiger partial charge on any atom is -0.389 e. The molecule has 6 nitrogen and oxygen atoms in total. The Labute approximate surface area is 127 Å². The van der Waals surface area contributed by atoms with Crippen LogP contribution in [0.4, 0.5) is 0 Å². The van der Waals surface area contributed by atoms with Gasteiger partial charge >= 0.3 is 0 Å². The summed E-state index contributed by atoms with van der Waals surface area (Å²) in [6.45, 7) is 0. The van der Waals surface area contributed by atoms with Gasteiger partial charge in [-0.05, 0) is 29.0 Å². The van der Waals surface area contributed by atoms with E-state index in [1.165, 1.54) is 6.33 Å². The third kappa shape index (κ3) is 2.04. The molecule has 1 aliphatic carbocycles. The molecule has 4 N–H and O–H groups in total. The Morgan fingerprint density at radius 1 is 1.37 bits per heavy atom. The van der Waals surface area contributed by atoms with Gasteiger partial charge in [-0.1, -0.05) is 11.6 Å². The average Bonchev–Trinajstić information content (AvgIpc) is 2.83. The van der Waals surface area contributed by atoms with Crippen molar-refractivity contribution in [2.24, 2.45) is 5.73 Å². The highest BCUT2D eigenvalue weighted by Crippen LogP contribution is 2.35. The normalized spacial score (nSPS) is 31.2. The van der Waals surface area contributed by atoms with Crippen LogP contribution in [0.1, 0.15) is 12.5 Å². The van der Waals surface area contributed by atoms with E-state index >= 15 is 0 Å². The molecule has 1 unspecified atom stereocenters. The molecule has 2 aromatic rings. The molecular formula is C11H12ClIN4O2. The molecule has 0 saturated heterocycles. The molecule has 0 amide bonds. The predicted octanol–water partition coefficient (Wildman–Crippen LogP) is 0.683. The van der Waals surface area contributed by atoms with Gasteiger partial charge in [-0.25, -0.2) is 9.97 Å². The standard InChI is InChI=1S/C11H12ClIN4O2/c12-10-7-4(13)2-17(11(7)16-3-15-10)6-1-5(14)8(18)9(6)19/h2-3,5-6,8-9,18-19H,1,14H2/t5-,6?,8+,9-/m0/s1. The fraction of sp³-hybridized carbons (Fsp3) is 0.455. The third-order valence-electron chi connectivity index (χ3n) is 3.57. The summed E-state index contributed by atoms with van der Waals surface area (Å²) in [7, 11) is 0. The topological polar surface area (TPSA) is 97.2 Å². The molecule has 0 bridgehead atoms. The highest BCUT2D eigenvalue weighted by Gasteiger charge is 2.41. The van der Waals surface area contributed by atoms with E-state index in [2.05, 4.69) is 32.6 Å². The van der Waals surface area contributed by atoms with Crippen LogP contribution in [0, 0.1) is 3.57 Å². The summed E-state index contributed by atoms with van der Waals surface area (Å²) in [6, 6.07) is -0.741. The van der Waals surface area contributed by atoms with Gasteiger partial charge in [-0.3, -0.25) is 0 Å². The fourth-order valence-electron chi connectivity index (χ4n) is 2.57. The maximum atomic E-state index is 10.1. The van der Waals surface area contributed by atoms with Gasteiger partial charge in [-0.15, -0.1) is 0 Å². The summed E-state index contributed by atoms with van der Waals surface area (Å²) in [4.78, 5) is 8.18. The van der Waals surface area contributed by atoms with Crippen LogP contribution in [-0.4, -0.2) is 43.0 Å². The summed E-state index contributed by atoms with van der Waals surface area (Å²) in [6.07, 6.45) is 1.90. The molecule has 0 aliphatic heterocycles. The number of aliphatic hydroxyl groups is 2. The molecule has 3 rings (SSSR count). The second kappa shape index (κ2) is 4.81. The van der Waals surface area contributed by atoms with E-state index in [1.807, 2.05) is 10.8 Å². The van der Waals surface area contributed by atoms with Crippen LogP contribution in [-0.2, 0) is 0 Å². The smallest absolute Gasteiger partial charge is 0.146 e. The zero-order valence-corrected chi connectivity index (χ0v) is 12.7. The van der Waals surface area contributed by atoms with Gasteiger partial charge in [0.2, 0.25) is 0 Å². The van der Waals surface area contributed by atoms with Gasteiger partial charge < -0.3 is 20.5 Å². The highest BCUT2D eigenvalue weighted by atomic mass is 127. The zero-order chi connectivity index (χ0) is 13.7. The van der Waals surface area contributed by atoms with Crippen LogP contribution in [0.3, 0.4) is 0 Å². The second-order valence-corrected chi connectivity index (χ2v) is 6.22. The lowest BCUT2D eigenvalue weighted by Gasteiger charge is -2.18. The first-order valence-corrected chi connectivity index (χ1v) is 7.24. The van der Waals surface area contributed by atoms with E-state index < -0.39 is 18.2 Å². The first kappa shape index (κ1) is 13.5.